The normalized spacial score (nSPS) is 9.79. The average molecular weight is 261 g/mol. The van der Waals surface area contributed by atoms with Crippen LogP contribution in [0.4, 0.5) is 26.1 Å². The van der Waals surface area contributed by atoms with Crippen LogP contribution >= 0.6 is 0 Å². The highest BCUT2D eigenvalue weighted by molar-refractivity contribution is 5.65. The zero-order valence-corrected chi connectivity index (χ0v) is 9.61. The summed E-state index contributed by atoms with van der Waals surface area (Å²) in [5, 5.41) is 11.5. The van der Waals surface area contributed by atoms with Gasteiger partial charge in [0.2, 0.25) is 0 Å². The van der Waals surface area contributed by atoms with Crippen LogP contribution in [0.5, 0.6) is 0 Å². The molecule has 2 rings (SSSR count). The number of nitrogens with one attached hydrogen (secondary N) is 2. The van der Waals surface area contributed by atoms with E-state index in [-0.39, 0.29) is 11.6 Å². The first kappa shape index (κ1) is 12.7. The van der Waals surface area contributed by atoms with Gasteiger partial charge in [0.1, 0.15) is 6.07 Å². The van der Waals surface area contributed by atoms with Gasteiger partial charge in [0.15, 0.2) is 23.3 Å². The summed E-state index contributed by atoms with van der Waals surface area (Å²) < 4.78 is 26.8. The van der Waals surface area contributed by atoms with Gasteiger partial charge in [-0.2, -0.15) is 5.26 Å². The van der Waals surface area contributed by atoms with Crippen LogP contribution in [0.2, 0.25) is 0 Å². The topological polar surface area (TPSA) is 86.8 Å². The maximum atomic E-state index is 13.6. The maximum absolute atomic E-state index is 13.6. The first-order chi connectivity index (χ1) is 9.15. The molecule has 1 aromatic carbocycles. The van der Waals surface area contributed by atoms with Crippen molar-refractivity contribution in [1.82, 2.24) is 4.98 Å². The maximum Gasteiger partial charge on any atom is 0.178 e. The Morgan fingerprint density at radius 2 is 1.84 bits per heavy atom. The molecule has 1 heterocycles. The summed E-state index contributed by atoms with van der Waals surface area (Å²) in [7, 11) is 0. The van der Waals surface area contributed by atoms with Gasteiger partial charge in [0, 0.05) is 6.07 Å². The van der Waals surface area contributed by atoms with Crippen LogP contribution in [0.3, 0.4) is 0 Å². The van der Waals surface area contributed by atoms with Gasteiger partial charge < -0.3 is 10.7 Å². The van der Waals surface area contributed by atoms with E-state index in [1.54, 1.807) is 24.3 Å². The lowest BCUT2D eigenvalue weighted by Crippen LogP contribution is -2.12. The molecule has 0 spiro atoms. The average Bonchev–Trinajstić information content (AvgIpc) is 2.42. The molecule has 0 bridgehead atoms. The summed E-state index contributed by atoms with van der Waals surface area (Å²) in [6.45, 7) is 0. The van der Waals surface area contributed by atoms with Gasteiger partial charge in [-0.3, -0.25) is 0 Å². The number of rotatable bonds is 3. The van der Waals surface area contributed by atoms with Gasteiger partial charge in [-0.25, -0.2) is 19.6 Å². The van der Waals surface area contributed by atoms with Crippen molar-refractivity contribution < 1.29 is 8.78 Å². The number of halogens is 2. The van der Waals surface area contributed by atoms with Crippen LogP contribution in [0.15, 0.2) is 30.3 Å². The van der Waals surface area contributed by atoms with Crippen molar-refractivity contribution in [3.8, 4) is 6.07 Å². The molecule has 0 aliphatic carbocycles. The molecule has 0 atom stereocenters. The molecule has 19 heavy (non-hydrogen) atoms. The van der Waals surface area contributed by atoms with E-state index in [4.69, 9.17) is 11.1 Å². The molecular weight excluding hydrogens is 252 g/mol. The van der Waals surface area contributed by atoms with E-state index in [1.165, 1.54) is 0 Å². The van der Waals surface area contributed by atoms with Gasteiger partial charge in [-0.15, -0.1) is 0 Å². The molecule has 0 unspecified atom stereocenters. The van der Waals surface area contributed by atoms with Gasteiger partial charge >= 0.3 is 0 Å². The highest BCUT2D eigenvalue weighted by Crippen LogP contribution is 2.23. The number of hydrogen-bond donors (Lipinski definition) is 3. The minimum Gasteiger partial charge on any atom is -0.337 e. The molecule has 0 saturated carbocycles. The minimum atomic E-state index is -0.904. The number of anilines is 3. The van der Waals surface area contributed by atoms with E-state index in [0.29, 0.717) is 17.3 Å². The first-order valence-electron chi connectivity index (χ1n) is 5.24. The number of pyridine rings is 1. The number of nitrogen functional groups attached to an aromatic ring is 1. The zero-order chi connectivity index (χ0) is 13.8. The van der Waals surface area contributed by atoms with Crippen LogP contribution in [-0.2, 0) is 0 Å². The summed E-state index contributed by atoms with van der Waals surface area (Å²) in [5.41, 5.74) is 2.70. The standard InChI is InChI=1S/C12H9F2N5/c13-8-5-9(14)12(19-16)18-11(8)17-10-4-2-1-3-7(10)6-15/h1-5H,16H2,(H2,17,18,19). The van der Waals surface area contributed by atoms with E-state index >= 15 is 0 Å². The molecule has 2 aromatic rings. The molecule has 0 aliphatic heterocycles. The van der Waals surface area contributed by atoms with E-state index in [2.05, 4.69) is 10.3 Å². The number of hydrogen-bond acceptors (Lipinski definition) is 5. The largest absolute Gasteiger partial charge is 0.337 e. The molecule has 0 saturated heterocycles. The Morgan fingerprint density at radius 3 is 2.53 bits per heavy atom. The van der Waals surface area contributed by atoms with Crippen molar-refractivity contribution in [2.24, 2.45) is 5.84 Å². The smallest absolute Gasteiger partial charge is 0.178 e. The van der Waals surface area contributed by atoms with Crippen molar-refractivity contribution in [3.05, 3.63) is 47.5 Å². The molecule has 0 aliphatic rings. The van der Waals surface area contributed by atoms with Gasteiger partial charge in [-0.05, 0) is 12.1 Å². The summed E-state index contributed by atoms with van der Waals surface area (Å²) >= 11 is 0. The number of nitrogens with zero attached hydrogens (tertiary/aromatic N) is 2. The fourth-order valence-electron chi connectivity index (χ4n) is 1.47. The monoisotopic (exact) mass is 261 g/mol. The molecular formula is C12H9F2N5. The molecule has 0 amide bonds. The lowest BCUT2D eigenvalue weighted by molar-refractivity contribution is 0.579. The molecule has 7 heteroatoms. The third-order valence-electron chi connectivity index (χ3n) is 2.37. The molecule has 96 valence electrons. The van der Waals surface area contributed by atoms with Crippen molar-refractivity contribution in [1.29, 1.82) is 5.26 Å². The number of nitrogens with two attached hydrogens (primary N) is 1. The van der Waals surface area contributed by atoms with Crippen LogP contribution in [0.1, 0.15) is 5.56 Å². The Kier molecular flexibility index (Phi) is 3.54. The van der Waals surface area contributed by atoms with E-state index in [9.17, 15) is 8.78 Å². The summed E-state index contributed by atoms with van der Waals surface area (Å²) in [6.07, 6.45) is 0. The van der Waals surface area contributed by atoms with Gasteiger partial charge in [0.25, 0.3) is 0 Å². The fourth-order valence-corrected chi connectivity index (χ4v) is 1.47. The molecule has 5 nitrogen and oxygen atoms in total. The number of nitriles is 1. The summed E-state index contributed by atoms with van der Waals surface area (Å²) in [4.78, 5) is 3.65. The van der Waals surface area contributed by atoms with Gasteiger partial charge in [0.05, 0.1) is 11.3 Å². The predicted molar refractivity (Wildman–Crippen MR) is 66.4 cm³/mol. The predicted octanol–water partition coefficient (Wildman–Crippen LogP) is 2.26. The Morgan fingerprint density at radius 1 is 1.16 bits per heavy atom. The second-order valence-electron chi connectivity index (χ2n) is 3.58. The highest BCUT2D eigenvalue weighted by Gasteiger charge is 2.12. The van der Waals surface area contributed by atoms with Crippen LogP contribution < -0.4 is 16.6 Å². The van der Waals surface area contributed by atoms with Crippen molar-refractivity contribution in [2.45, 2.75) is 0 Å². The Balaban J connectivity index is 2.41. The molecule has 1 aromatic heterocycles. The minimum absolute atomic E-state index is 0.225. The van der Waals surface area contributed by atoms with Crippen molar-refractivity contribution in [3.63, 3.8) is 0 Å². The fraction of sp³-hybridized carbons (Fsp3) is 0. The number of benzene rings is 1. The lowest BCUT2D eigenvalue weighted by Gasteiger charge is -2.10. The number of aromatic nitrogens is 1. The van der Waals surface area contributed by atoms with Crippen LogP contribution in [0.25, 0.3) is 0 Å². The van der Waals surface area contributed by atoms with E-state index in [1.807, 2.05) is 11.5 Å². The zero-order valence-electron chi connectivity index (χ0n) is 9.61. The number of hydrazine groups is 1. The first-order valence-corrected chi connectivity index (χ1v) is 5.24. The van der Waals surface area contributed by atoms with Crippen molar-refractivity contribution >= 4 is 17.3 Å². The Bertz CT molecular complexity index is 651. The third-order valence-corrected chi connectivity index (χ3v) is 2.37. The Labute approximate surface area is 107 Å². The summed E-state index contributed by atoms with van der Waals surface area (Å²) in [6, 6.07) is 9.09. The SMILES string of the molecule is N#Cc1ccccc1Nc1nc(NN)c(F)cc1F. The quantitative estimate of drug-likeness (QED) is 0.582. The molecule has 0 fully saturated rings. The second-order valence-corrected chi connectivity index (χ2v) is 3.58. The van der Waals surface area contributed by atoms with Crippen molar-refractivity contribution in [2.75, 3.05) is 10.7 Å². The molecule has 0 radical (unpaired) electrons. The third kappa shape index (κ3) is 2.59. The van der Waals surface area contributed by atoms with E-state index in [0.717, 1.165) is 0 Å². The molecule has 4 N–H and O–H groups in total. The highest BCUT2D eigenvalue weighted by atomic mass is 19.1. The lowest BCUT2D eigenvalue weighted by atomic mass is 10.2. The second kappa shape index (κ2) is 5.29. The summed E-state index contributed by atoms with van der Waals surface area (Å²) in [5.74, 6) is 2.76. The Hall–Kier alpha value is -2.72. The van der Waals surface area contributed by atoms with Crippen LogP contribution in [-0.4, -0.2) is 4.98 Å². The van der Waals surface area contributed by atoms with Gasteiger partial charge in [-0.1, -0.05) is 12.1 Å². The van der Waals surface area contributed by atoms with Crippen LogP contribution in [0, 0.1) is 23.0 Å². The van der Waals surface area contributed by atoms with E-state index < -0.39 is 11.6 Å². The number of para-hydroxylation sites is 1.